The molecule has 1 fully saturated rings. The zero-order chi connectivity index (χ0) is 15.3. The van der Waals surface area contributed by atoms with Crippen LogP contribution in [0.3, 0.4) is 0 Å². The molecule has 0 bridgehead atoms. The molecule has 0 atom stereocenters. The SMILES string of the molecule is CC.CC.Cc1nc(Cl)nc2c1CN(C1(C)CC1)CC2. The first-order valence-corrected chi connectivity index (χ1v) is 8.23. The Morgan fingerprint density at radius 3 is 2.25 bits per heavy atom. The number of rotatable bonds is 1. The van der Waals surface area contributed by atoms with E-state index in [1.807, 2.05) is 34.6 Å². The average Bonchev–Trinajstić information content (AvgIpc) is 3.22. The zero-order valence-electron chi connectivity index (χ0n) is 13.8. The van der Waals surface area contributed by atoms with Gasteiger partial charge in [0.25, 0.3) is 0 Å². The monoisotopic (exact) mass is 297 g/mol. The van der Waals surface area contributed by atoms with Crippen molar-refractivity contribution in [2.45, 2.75) is 72.9 Å². The molecular weight excluding hydrogens is 270 g/mol. The molecular formula is C16H28ClN3. The molecule has 0 amide bonds. The van der Waals surface area contributed by atoms with E-state index in [1.54, 1.807) is 0 Å². The van der Waals surface area contributed by atoms with Crippen molar-refractivity contribution in [1.29, 1.82) is 0 Å². The Bertz CT molecular complexity index is 442. The molecule has 0 spiro atoms. The Balaban J connectivity index is 0.000000461. The number of hydrogen-bond donors (Lipinski definition) is 0. The fourth-order valence-electron chi connectivity index (χ4n) is 2.50. The molecule has 2 heterocycles. The third-order valence-corrected chi connectivity index (χ3v) is 4.15. The summed E-state index contributed by atoms with van der Waals surface area (Å²) < 4.78 is 0. The maximum Gasteiger partial charge on any atom is 0.222 e. The quantitative estimate of drug-likeness (QED) is 0.719. The summed E-state index contributed by atoms with van der Waals surface area (Å²) in [5.41, 5.74) is 3.94. The van der Waals surface area contributed by atoms with Crippen LogP contribution in [-0.4, -0.2) is 27.0 Å². The Morgan fingerprint density at radius 1 is 1.10 bits per heavy atom. The van der Waals surface area contributed by atoms with Crippen LogP contribution in [0.25, 0.3) is 0 Å². The van der Waals surface area contributed by atoms with Gasteiger partial charge in [-0.3, -0.25) is 4.90 Å². The number of aryl methyl sites for hydroxylation is 1. The van der Waals surface area contributed by atoms with E-state index in [9.17, 15) is 0 Å². The highest BCUT2D eigenvalue weighted by molar-refractivity contribution is 6.28. The van der Waals surface area contributed by atoms with Crippen LogP contribution in [0.15, 0.2) is 0 Å². The van der Waals surface area contributed by atoms with Crippen molar-refractivity contribution in [3.63, 3.8) is 0 Å². The fourth-order valence-corrected chi connectivity index (χ4v) is 2.73. The van der Waals surface area contributed by atoms with Crippen LogP contribution in [-0.2, 0) is 13.0 Å². The molecule has 0 radical (unpaired) electrons. The predicted octanol–water partition coefficient (Wildman–Crippen LogP) is 4.40. The highest BCUT2D eigenvalue weighted by Crippen LogP contribution is 2.43. The summed E-state index contributed by atoms with van der Waals surface area (Å²) in [6.07, 6.45) is 3.67. The van der Waals surface area contributed by atoms with Crippen molar-refractivity contribution >= 4 is 11.6 Å². The van der Waals surface area contributed by atoms with Crippen molar-refractivity contribution < 1.29 is 0 Å². The third kappa shape index (κ3) is 3.70. The number of aromatic nitrogens is 2. The van der Waals surface area contributed by atoms with E-state index in [4.69, 9.17) is 11.6 Å². The van der Waals surface area contributed by atoms with Crippen LogP contribution in [0.1, 0.15) is 64.4 Å². The molecule has 0 N–H and O–H groups in total. The van der Waals surface area contributed by atoms with E-state index in [0.717, 1.165) is 30.9 Å². The van der Waals surface area contributed by atoms with Crippen molar-refractivity contribution in [3.05, 3.63) is 22.2 Å². The summed E-state index contributed by atoms with van der Waals surface area (Å²) in [5.74, 6) is 0. The molecule has 3 nitrogen and oxygen atoms in total. The van der Waals surface area contributed by atoms with Gasteiger partial charge in [0.2, 0.25) is 5.28 Å². The fraction of sp³-hybridized carbons (Fsp3) is 0.750. The van der Waals surface area contributed by atoms with Gasteiger partial charge in [-0.1, -0.05) is 27.7 Å². The largest absolute Gasteiger partial charge is 0.293 e. The van der Waals surface area contributed by atoms with Gasteiger partial charge in [0.05, 0.1) is 5.69 Å². The summed E-state index contributed by atoms with van der Waals surface area (Å²) in [7, 11) is 0. The Morgan fingerprint density at radius 2 is 1.70 bits per heavy atom. The Hall–Kier alpha value is -0.670. The molecule has 0 saturated heterocycles. The highest BCUT2D eigenvalue weighted by atomic mass is 35.5. The van der Waals surface area contributed by atoms with E-state index in [-0.39, 0.29) is 0 Å². The summed E-state index contributed by atoms with van der Waals surface area (Å²) >= 11 is 5.88. The molecule has 1 aromatic heterocycles. The van der Waals surface area contributed by atoms with E-state index in [0.29, 0.717) is 10.8 Å². The van der Waals surface area contributed by atoms with Gasteiger partial charge in [-0.2, -0.15) is 0 Å². The number of hydrogen-bond acceptors (Lipinski definition) is 3. The van der Waals surface area contributed by atoms with E-state index >= 15 is 0 Å². The summed E-state index contributed by atoms with van der Waals surface area (Å²) in [5, 5.41) is 0.391. The lowest BCUT2D eigenvalue weighted by Gasteiger charge is -2.33. The summed E-state index contributed by atoms with van der Waals surface area (Å²) in [4.78, 5) is 11.2. The molecule has 1 aromatic rings. The van der Waals surface area contributed by atoms with Gasteiger partial charge in [0, 0.05) is 36.3 Å². The van der Waals surface area contributed by atoms with Crippen molar-refractivity contribution in [2.75, 3.05) is 6.54 Å². The molecule has 3 rings (SSSR count). The second kappa shape index (κ2) is 7.37. The van der Waals surface area contributed by atoms with Gasteiger partial charge >= 0.3 is 0 Å². The first-order chi connectivity index (χ1) is 9.58. The maximum absolute atomic E-state index is 5.88. The molecule has 1 aliphatic carbocycles. The minimum Gasteiger partial charge on any atom is -0.293 e. The molecule has 2 aliphatic rings. The second-order valence-corrected chi connectivity index (χ2v) is 5.51. The van der Waals surface area contributed by atoms with E-state index in [2.05, 4.69) is 21.8 Å². The highest BCUT2D eigenvalue weighted by Gasteiger charge is 2.44. The minimum absolute atomic E-state index is 0.391. The molecule has 1 aliphatic heterocycles. The lowest BCUT2D eigenvalue weighted by Crippen LogP contribution is -2.40. The van der Waals surface area contributed by atoms with Crippen LogP contribution in [0.5, 0.6) is 0 Å². The first-order valence-electron chi connectivity index (χ1n) is 7.85. The van der Waals surface area contributed by atoms with Crippen LogP contribution >= 0.6 is 11.6 Å². The van der Waals surface area contributed by atoms with Crippen LogP contribution in [0, 0.1) is 6.92 Å². The third-order valence-electron chi connectivity index (χ3n) is 3.98. The minimum atomic E-state index is 0.391. The normalized spacial score (nSPS) is 18.9. The van der Waals surface area contributed by atoms with Crippen molar-refractivity contribution in [1.82, 2.24) is 14.9 Å². The topological polar surface area (TPSA) is 29.0 Å². The Labute approximate surface area is 128 Å². The average molecular weight is 298 g/mol. The first kappa shape index (κ1) is 17.4. The van der Waals surface area contributed by atoms with Gasteiger partial charge in [-0.05, 0) is 38.3 Å². The summed E-state index contributed by atoms with van der Waals surface area (Å²) in [6.45, 7) is 14.5. The number of halogens is 1. The standard InChI is InChI=1S/C12H16ClN3.2C2H6/c1-8-9-7-16(12(2)4-5-12)6-3-10(9)15-11(13)14-8;2*1-2/h3-7H2,1-2H3;2*1-2H3. The molecule has 20 heavy (non-hydrogen) atoms. The molecule has 0 unspecified atom stereocenters. The van der Waals surface area contributed by atoms with Gasteiger partial charge in [0.1, 0.15) is 0 Å². The molecule has 4 heteroatoms. The Kier molecular flexibility index (Phi) is 6.41. The number of nitrogens with zero attached hydrogens (tertiary/aromatic N) is 3. The van der Waals surface area contributed by atoms with Gasteiger partial charge in [0.15, 0.2) is 0 Å². The van der Waals surface area contributed by atoms with E-state index < -0.39 is 0 Å². The predicted molar refractivity (Wildman–Crippen MR) is 86.2 cm³/mol. The molecule has 0 aromatic carbocycles. The maximum atomic E-state index is 5.88. The van der Waals surface area contributed by atoms with Crippen molar-refractivity contribution in [2.24, 2.45) is 0 Å². The molecule has 114 valence electrons. The van der Waals surface area contributed by atoms with Crippen LogP contribution in [0.4, 0.5) is 0 Å². The smallest absolute Gasteiger partial charge is 0.222 e. The van der Waals surface area contributed by atoms with Gasteiger partial charge in [-0.25, -0.2) is 9.97 Å². The number of fused-ring (bicyclic) bond motifs is 1. The van der Waals surface area contributed by atoms with Gasteiger partial charge in [-0.15, -0.1) is 0 Å². The van der Waals surface area contributed by atoms with Crippen LogP contribution < -0.4 is 0 Å². The lowest BCUT2D eigenvalue weighted by molar-refractivity contribution is 0.170. The zero-order valence-corrected chi connectivity index (χ0v) is 14.5. The van der Waals surface area contributed by atoms with Gasteiger partial charge < -0.3 is 0 Å². The second-order valence-electron chi connectivity index (χ2n) is 5.17. The van der Waals surface area contributed by atoms with E-state index in [1.165, 1.54) is 18.4 Å². The lowest BCUT2D eigenvalue weighted by atomic mass is 10.0. The van der Waals surface area contributed by atoms with Crippen LogP contribution in [0.2, 0.25) is 5.28 Å². The van der Waals surface area contributed by atoms with Crippen molar-refractivity contribution in [3.8, 4) is 0 Å². The summed E-state index contributed by atoms with van der Waals surface area (Å²) in [6, 6.07) is 0. The molecule has 1 saturated carbocycles.